The van der Waals surface area contributed by atoms with Crippen molar-refractivity contribution < 1.29 is 9.32 Å². The second-order valence-electron chi connectivity index (χ2n) is 7.10. The van der Waals surface area contributed by atoms with Crippen LogP contribution in [0.25, 0.3) is 11.4 Å². The van der Waals surface area contributed by atoms with Crippen LogP contribution in [0, 0.1) is 0 Å². The van der Waals surface area contributed by atoms with Crippen LogP contribution in [0.5, 0.6) is 0 Å². The van der Waals surface area contributed by atoms with E-state index < -0.39 is 0 Å². The molecule has 1 atom stereocenters. The van der Waals surface area contributed by atoms with Gasteiger partial charge >= 0.3 is 0 Å². The van der Waals surface area contributed by atoms with Crippen LogP contribution in [-0.2, 0) is 6.42 Å². The zero-order chi connectivity index (χ0) is 19.5. The molecule has 1 aliphatic heterocycles. The fraction of sp³-hybridized carbons (Fsp3) is 0.318. The van der Waals surface area contributed by atoms with Gasteiger partial charge in [-0.25, -0.2) is 0 Å². The lowest BCUT2D eigenvalue weighted by molar-refractivity contribution is 0.0695. The number of nitrogens with zero attached hydrogens (tertiary/aromatic N) is 3. The molecule has 1 saturated heterocycles. The maximum absolute atomic E-state index is 12.9. The molecule has 1 aliphatic rings. The molecule has 1 fully saturated rings. The normalized spacial score (nSPS) is 16.9. The first-order valence-electron chi connectivity index (χ1n) is 9.62. The molecule has 0 N–H and O–H groups in total. The standard InChI is InChI=1S/C22H22BrN3O2/c1-2-15-5-7-17(8-6-15)22(27)26-13-3-4-18(14-26)21-24-20(25-28-21)16-9-11-19(23)12-10-16/h5-12,18H,2-4,13-14H2,1H3. The number of hydrogen-bond acceptors (Lipinski definition) is 4. The van der Waals surface area contributed by atoms with Crippen LogP contribution in [-0.4, -0.2) is 34.0 Å². The van der Waals surface area contributed by atoms with E-state index in [1.165, 1.54) is 5.56 Å². The maximum atomic E-state index is 12.9. The predicted octanol–water partition coefficient (Wildman–Crippen LogP) is 5.08. The Morgan fingerprint density at radius 2 is 1.93 bits per heavy atom. The van der Waals surface area contributed by atoms with Crippen molar-refractivity contribution in [1.29, 1.82) is 0 Å². The van der Waals surface area contributed by atoms with Gasteiger partial charge < -0.3 is 9.42 Å². The van der Waals surface area contributed by atoms with E-state index in [1.54, 1.807) is 0 Å². The number of aryl methyl sites for hydroxylation is 1. The number of rotatable bonds is 4. The van der Waals surface area contributed by atoms with E-state index in [4.69, 9.17) is 4.52 Å². The highest BCUT2D eigenvalue weighted by atomic mass is 79.9. The van der Waals surface area contributed by atoms with Crippen LogP contribution in [0.2, 0.25) is 0 Å². The smallest absolute Gasteiger partial charge is 0.253 e. The van der Waals surface area contributed by atoms with E-state index in [1.807, 2.05) is 53.4 Å². The molecular weight excluding hydrogens is 418 g/mol. The Morgan fingerprint density at radius 1 is 1.18 bits per heavy atom. The highest BCUT2D eigenvalue weighted by Gasteiger charge is 2.29. The summed E-state index contributed by atoms with van der Waals surface area (Å²) in [6.07, 6.45) is 2.85. The van der Waals surface area contributed by atoms with Crippen molar-refractivity contribution in [1.82, 2.24) is 15.0 Å². The molecule has 0 aliphatic carbocycles. The summed E-state index contributed by atoms with van der Waals surface area (Å²) in [5.74, 6) is 1.34. The summed E-state index contributed by atoms with van der Waals surface area (Å²) < 4.78 is 6.55. The van der Waals surface area contributed by atoms with Gasteiger partial charge in [0.1, 0.15) is 0 Å². The van der Waals surface area contributed by atoms with Crippen molar-refractivity contribution in [2.75, 3.05) is 13.1 Å². The van der Waals surface area contributed by atoms with E-state index in [0.29, 0.717) is 18.3 Å². The molecule has 3 aromatic rings. The summed E-state index contributed by atoms with van der Waals surface area (Å²) in [7, 11) is 0. The van der Waals surface area contributed by atoms with Gasteiger partial charge in [0.2, 0.25) is 11.7 Å². The quantitative estimate of drug-likeness (QED) is 0.568. The van der Waals surface area contributed by atoms with Gasteiger partial charge in [0, 0.05) is 28.7 Å². The van der Waals surface area contributed by atoms with E-state index in [0.717, 1.165) is 41.4 Å². The first-order chi connectivity index (χ1) is 13.6. The number of piperidine rings is 1. The lowest BCUT2D eigenvalue weighted by Gasteiger charge is -2.31. The molecule has 4 rings (SSSR count). The molecule has 1 unspecified atom stereocenters. The van der Waals surface area contributed by atoms with E-state index in [-0.39, 0.29) is 11.8 Å². The summed E-state index contributed by atoms with van der Waals surface area (Å²) in [4.78, 5) is 19.4. The fourth-order valence-electron chi connectivity index (χ4n) is 3.55. The lowest BCUT2D eigenvalue weighted by Crippen LogP contribution is -2.39. The van der Waals surface area contributed by atoms with Crippen molar-refractivity contribution in [2.24, 2.45) is 0 Å². The Kier molecular flexibility index (Phi) is 5.57. The number of aromatic nitrogens is 2. The van der Waals surface area contributed by atoms with Crippen LogP contribution < -0.4 is 0 Å². The molecule has 0 radical (unpaired) electrons. The van der Waals surface area contributed by atoms with Crippen molar-refractivity contribution in [3.63, 3.8) is 0 Å². The number of halogens is 1. The minimum atomic E-state index is 0.0694. The summed E-state index contributed by atoms with van der Waals surface area (Å²) in [5.41, 5.74) is 2.89. The molecule has 144 valence electrons. The fourth-order valence-corrected chi connectivity index (χ4v) is 3.81. The molecule has 2 aromatic carbocycles. The van der Waals surface area contributed by atoms with Crippen LogP contribution in [0.1, 0.15) is 47.5 Å². The number of carbonyl (C=O) groups excluding carboxylic acids is 1. The lowest BCUT2D eigenvalue weighted by atomic mass is 9.97. The molecule has 2 heterocycles. The third kappa shape index (κ3) is 4.02. The Hall–Kier alpha value is -2.47. The highest BCUT2D eigenvalue weighted by molar-refractivity contribution is 9.10. The van der Waals surface area contributed by atoms with Crippen LogP contribution >= 0.6 is 15.9 Å². The van der Waals surface area contributed by atoms with Gasteiger partial charge in [0.05, 0.1) is 5.92 Å². The minimum absolute atomic E-state index is 0.0694. The SMILES string of the molecule is CCc1ccc(C(=O)N2CCCC(c3nc(-c4ccc(Br)cc4)no3)C2)cc1. The van der Waals surface area contributed by atoms with Crippen molar-refractivity contribution in [2.45, 2.75) is 32.1 Å². The first-order valence-corrected chi connectivity index (χ1v) is 10.4. The second kappa shape index (κ2) is 8.27. The van der Waals surface area contributed by atoms with Gasteiger partial charge in [-0.1, -0.05) is 40.1 Å². The predicted molar refractivity (Wildman–Crippen MR) is 111 cm³/mol. The third-order valence-corrected chi connectivity index (χ3v) is 5.74. The zero-order valence-electron chi connectivity index (χ0n) is 15.8. The van der Waals surface area contributed by atoms with Gasteiger partial charge in [-0.05, 0) is 61.2 Å². The minimum Gasteiger partial charge on any atom is -0.339 e. The second-order valence-corrected chi connectivity index (χ2v) is 8.02. The first kappa shape index (κ1) is 18.9. The molecule has 6 heteroatoms. The monoisotopic (exact) mass is 439 g/mol. The Labute approximate surface area is 172 Å². The Balaban J connectivity index is 1.47. The van der Waals surface area contributed by atoms with Gasteiger partial charge in [-0.3, -0.25) is 4.79 Å². The maximum Gasteiger partial charge on any atom is 0.253 e. The van der Waals surface area contributed by atoms with Crippen LogP contribution in [0.4, 0.5) is 0 Å². The molecule has 5 nitrogen and oxygen atoms in total. The Morgan fingerprint density at radius 3 is 2.64 bits per heavy atom. The van der Waals surface area contributed by atoms with E-state index >= 15 is 0 Å². The van der Waals surface area contributed by atoms with Crippen molar-refractivity contribution in [3.05, 3.63) is 70.0 Å². The topological polar surface area (TPSA) is 59.2 Å². The van der Waals surface area contributed by atoms with Gasteiger partial charge in [0.25, 0.3) is 5.91 Å². The van der Waals surface area contributed by atoms with Crippen LogP contribution in [0.3, 0.4) is 0 Å². The van der Waals surface area contributed by atoms with Gasteiger partial charge in [0.15, 0.2) is 0 Å². The summed E-state index contributed by atoms with van der Waals surface area (Å²) >= 11 is 3.43. The third-order valence-electron chi connectivity index (χ3n) is 5.21. The Bertz CT molecular complexity index is 951. The average molecular weight is 440 g/mol. The highest BCUT2D eigenvalue weighted by Crippen LogP contribution is 2.28. The number of likely N-dealkylation sites (tertiary alicyclic amines) is 1. The van der Waals surface area contributed by atoms with Crippen LogP contribution in [0.15, 0.2) is 57.5 Å². The van der Waals surface area contributed by atoms with Crippen molar-refractivity contribution >= 4 is 21.8 Å². The molecule has 1 aromatic heterocycles. The summed E-state index contributed by atoms with van der Waals surface area (Å²) in [5, 5.41) is 4.13. The van der Waals surface area contributed by atoms with Crippen molar-refractivity contribution in [3.8, 4) is 11.4 Å². The molecule has 0 spiro atoms. The number of carbonyl (C=O) groups is 1. The molecule has 0 bridgehead atoms. The molecule has 0 saturated carbocycles. The summed E-state index contributed by atoms with van der Waals surface area (Å²) in [6.45, 7) is 3.48. The summed E-state index contributed by atoms with van der Waals surface area (Å²) in [6, 6.07) is 15.7. The van der Waals surface area contributed by atoms with Gasteiger partial charge in [-0.15, -0.1) is 0 Å². The number of amides is 1. The molecular formula is C22H22BrN3O2. The molecule has 28 heavy (non-hydrogen) atoms. The van der Waals surface area contributed by atoms with E-state index in [9.17, 15) is 4.79 Å². The zero-order valence-corrected chi connectivity index (χ0v) is 17.4. The number of benzene rings is 2. The van der Waals surface area contributed by atoms with E-state index in [2.05, 4.69) is 33.0 Å². The number of hydrogen-bond donors (Lipinski definition) is 0. The largest absolute Gasteiger partial charge is 0.339 e. The average Bonchev–Trinajstić information content (AvgIpc) is 3.24. The van der Waals surface area contributed by atoms with Gasteiger partial charge in [-0.2, -0.15) is 4.98 Å². The molecule has 1 amide bonds.